The fraction of sp³-hybridized carbons (Fsp3) is 0.688. The molecule has 2 aliphatic heterocycles. The molecule has 0 saturated carbocycles. The summed E-state index contributed by atoms with van der Waals surface area (Å²) in [6.07, 6.45) is -5.21. The van der Waals surface area contributed by atoms with Gasteiger partial charge in [-0.15, -0.1) is 0 Å². The number of hydrogen-bond acceptors (Lipinski definition) is 9. The van der Waals surface area contributed by atoms with Crippen LogP contribution in [0.25, 0.3) is 0 Å². The number of aliphatic hydroxyl groups excluding tert-OH is 5. The Morgan fingerprint density at radius 3 is 2.50 bits per heavy atom. The highest BCUT2D eigenvalue weighted by Crippen LogP contribution is 2.44. The molecule has 0 aromatic rings. The van der Waals surface area contributed by atoms with Crippen molar-refractivity contribution in [1.82, 2.24) is 0 Å². The predicted molar refractivity (Wildman–Crippen MR) is 82.2 cm³/mol. The zero-order valence-electron chi connectivity index (χ0n) is 13.7. The minimum absolute atomic E-state index is 0.0448. The summed E-state index contributed by atoms with van der Waals surface area (Å²) in [7, 11) is 0. The van der Waals surface area contributed by atoms with E-state index in [9.17, 15) is 35.4 Å². The molecule has 0 amide bonds. The molecular weight excluding hydrogens is 352 g/mol. The standard InChI is InChI=1S/C16H22O10/c17-3-6-1-2-7-8(14(22)23)5-24-15(10(6)7)26-16-13(21)12(20)11(19)9(4-18)25-16/h1,5,7,9-13,15-21H,2-4H2,(H,22,23)/t7-,9-,10-,11-,12+,13+,15+,16+/m1/s1. The third-order valence-electron chi connectivity index (χ3n) is 5.06. The van der Waals surface area contributed by atoms with Gasteiger partial charge in [0.25, 0.3) is 0 Å². The van der Waals surface area contributed by atoms with Crippen LogP contribution in [0.3, 0.4) is 0 Å². The van der Waals surface area contributed by atoms with Crippen molar-refractivity contribution in [3.05, 3.63) is 23.5 Å². The first kappa shape index (κ1) is 19.2. The SMILES string of the molecule is O=C(O)C1=CO[C@@H](O[C@@H]2O[C@H](CO)[C@@H](O)[C@H](O)[C@@H]2O)[C@@H]2C(CO)=CC[C@H]12. The van der Waals surface area contributed by atoms with E-state index in [-0.39, 0.29) is 12.2 Å². The lowest BCUT2D eigenvalue weighted by Crippen LogP contribution is -2.60. The van der Waals surface area contributed by atoms with Crippen molar-refractivity contribution in [3.8, 4) is 0 Å². The molecule has 1 aliphatic carbocycles. The Labute approximate surface area is 148 Å². The van der Waals surface area contributed by atoms with Crippen molar-refractivity contribution >= 4 is 5.97 Å². The molecule has 0 unspecified atom stereocenters. The predicted octanol–water partition coefficient (Wildman–Crippen LogP) is -2.32. The van der Waals surface area contributed by atoms with Gasteiger partial charge in [0.2, 0.25) is 6.29 Å². The summed E-state index contributed by atoms with van der Waals surface area (Å²) in [5.41, 5.74) is 0.583. The smallest absolute Gasteiger partial charge is 0.335 e. The molecule has 3 aliphatic rings. The van der Waals surface area contributed by atoms with E-state index >= 15 is 0 Å². The topological polar surface area (TPSA) is 166 Å². The van der Waals surface area contributed by atoms with Gasteiger partial charge in [-0.2, -0.15) is 0 Å². The quantitative estimate of drug-likeness (QED) is 0.288. The highest BCUT2D eigenvalue weighted by molar-refractivity contribution is 5.87. The van der Waals surface area contributed by atoms with Crippen LogP contribution in [0.4, 0.5) is 0 Å². The first-order valence-electron chi connectivity index (χ1n) is 8.23. The van der Waals surface area contributed by atoms with E-state index in [1.54, 1.807) is 6.08 Å². The second-order valence-electron chi connectivity index (χ2n) is 6.52. The Morgan fingerprint density at radius 2 is 1.88 bits per heavy atom. The van der Waals surface area contributed by atoms with E-state index in [1.165, 1.54) is 0 Å². The lowest BCUT2D eigenvalue weighted by Gasteiger charge is -2.42. The Morgan fingerprint density at radius 1 is 1.15 bits per heavy atom. The second-order valence-corrected chi connectivity index (χ2v) is 6.52. The minimum atomic E-state index is -1.61. The number of ether oxygens (including phenoxy) is 3. The molecule has 8 atom stereocenters. The van der Waals surface area contributed by atoms with Gasteiger partial charge in [0.15, 0.2) is 6.29 Å². The van der Waals surface area contributed by atoms with Crippen molar-refractivity contribution in [2.24, 2.45) is 11.8 Å². The van der Waals surface area contributed by atoms with Crippen molar-refractivity contribution in [3.63, 3.8) is 0 Å². The summed E-state index contributed by atoms with van der Waals surface area (Å²) >= 11 is 0. The molecule has 0 aromatic heterocycles. The molecule has 2 heterocycles. The van der Waals surface area contributed by atoms with Gasteiger partial charge in [-0.05, 0) is 12.0 Å². The van der Waals surface area contributed by atoms with Crippen molar-refractivity contribution in [2.75, 3.05) is 13.2 Å². The zero-order valence-corrected chi connectivity index (χ0v) is 13.7. The van der Waals surface area contributed by atoms with Gasteiger partial charge >= 0.3 is 5.97 Å². The second kappa shape index (κ2) is 7.61. The number of fused-ring (bicyclic) bond motifs is 1. The Balaban J connectivity index is 1.80. The van der Waals surface area contributed by atoms with Crippen LogP contribution < -0.4 is 0 Å². The van der Waals surface area contributed by atoms with Gasteiger partial charge in [0.1, 0.15) is 24.4 Å². The molecule has 0 spiro atoms. The molecule has 10 heteroatoms. The number of aliphatic hydroxyl groups is 5. The average molecular weight is 374 g/mol. The van der Waals surface area contributed by atoms with Gasteiger partial charge in [0, 0.05) is 5.92 Å². The largest absolute Gasteiger partial charge is 0.478 e. The number of hydrogen-bond donors (Lipinski definition) is 6. The van der Waals surface area contributed by atoms with Crippen LogP contribution in [0.5, 0.6) is 0 Å². The minimum Gasteiger partial charge on any atom is -0.478 e. The molecule has 1 fully saturated rings. The van der Waals surface area contributed by atoms with Crippen molar-refractivity contribution < 1.29 is 49.6 Å². The maximum Gasteiger partial charge on any atom is 0.335 e. The number of carbonyl (C=O) groups is 1. The molecule has 0 radical (unpaired) electrons. The summed E-state index contributed by atoms with van der Waals surface area (Å²) in [6, 6.07) is 0. The van der Waals surface area contributed by atoms with Crippen molar-refractivity contribution in [2.45, 2.75) is 43.4 Å². The highest BCUT2D eigenvalue weighted by Gasteiger charge is 2.49. The van der Waals surface area contributed by atoms with E-state index in [4.69, 9.17) is 14.2 Å². The molecule has 26 heavy (non-hydrogen) atoms. The third kappa shape index (κ3) is 3.25. The normalized spacial score (nSPS) is 42.5. The zero-order chi connectivity index (χ0) is 19.0. The van der Waals surface area contributed by atoms with Gasteiger partial charge in [-0.25, -0.2) is 4.79 Å². The summed E-state index contributed by atoms with van der Waals surface area (Å²) in [5.74, 6) is -2.22. The van der Waals surface area contributed by atoms with Gasteiger partial charge < -0.3 is 44.8 Å². The van der Waals surface area contributed by atoms with Gasteiger partial charge in [-0.1, -0.05) is 6.08 Å². The molecular formula is C16H22O10. The number of aliphatic carboxylic acids is 1. The number of allylic oxidation sites excluding steroid dienone is 1. The lowest BCUT2D eigenvalue weighted by molar-refractivity contribution is -0.339. The Bertz CT molecular complexity index is 600. The summed E-state index contributed by atoms with van der Waals surface area (Å²) in [4.78, 5) is 11.4. The maximum atomic E-state index is 11.4. The molecule has 146 valence electrons. The van der Waals surface area contributed by atoms with Crippen molar-refractivity contribution in [1.29, 1.82) is 0 Å². The molecule has 10 nitrogen and oxygen atoms in total. The number of rotatable bonds is 5. The average Bonchev–Trinajstić information content (AvgIpc) is 3.06. The summed E-state index contributed by atoms with van der Waals surface area (Å²) in [6.45, 7) is -0.917. The molecule has 0 bridgehead atoms. The fourth-order valence-corrected chi connectivity index (χ4v) is 3.62. The van der Waals surface area contributed by atoms with Crippen LogP contribution >= 0.6 is 0 Å². The van der Waals surface area contributed by atoms with Gasteiger partial charge in [-0.3, -0.25) is 0 Å². The highest BCUT2D eigenvalue weighted by atomic mass is 16.8. The monoisotopic (exact) mass is 374 g/mol. The first-order valence-corrected chi connectivity index (χ1v) is 8.23. The maximum absolute atomic E-state index is 11.4. The van der Waals surface area contributed by atoms with Crippen LogP contribution in [0, 0.1) is 11.8 Å². The lowest BCUT2D eigenvalue weighted by atomic mass is 9.83. The van der Waals surface area contributed by atoms with E-state index in [0.29, 0.717) is 12.0 Å². The van der Waals surface area contributed by atoms with E-state index in [1.807, 2.05) is 0 Å². The number of carboxylic acids is 1. The van der Waals surface area contributed by atoms with Crippen LogP contribution in [0.1, 0.15) is 6.42 Å². The Hall–Kier alpha value is -1.53. The van der Waals surface area contributed by atoms with E-state index < -0.39 is 61.4 Å². The fourth-order valence-electron chi connectivity index (χ4n) is 3.62. The molecule has 6 N–H and O–H groups in total. The Kier molecular flexibility index (Phi) is 5.63. The van der Waals surface area contributed by atoms with Crippen LogP contribution in [-0.2, 0) is 19.0 Å². The summed E-state index contributed by atoms with van der Waals surface area (Å²) < 4.78 is 16.3. The first-order chi connectivity index (χ1) is 12.4. The number of carboxylic acid groups (broad SMARTS) is 1. The molecule has 3 rings (SSSR count). The molecule has 1 saturated heterocycles. The molecule has 0 aromatic carbocycles. The van der Waals surface area contributed by atoms with Crippen LogP contribution in [0.15, 0.2) is 23.5 Å². The van der Waals surface area contributed by atoms with Crippen LogP contribution in [-0.4, -0.2) is 86.8 Å². The van der Waals surface area contributed by atoms with Crippen LogP contribution in [0.2, 0.25) is 0 Å². The van der Waals surface area contributed by atoms with E-state index in [2.05, 4.69) is 0 Å². The van der Waals surface area contributed by atoms with E-state index in [0.717, 1.165) is 6.26 Å². The third-order valence-corrected chi connectivity index (χ3v) is 5.06. The van der Waals surface area contributed by atoms with Gasteiger partial charge in [0.05, 0.1) is 31.0 Å². The summed E-state index contributed by atoms with van der Waals surface area (Å²) in [5, 5.41) is 57.8.